The van der Waals surface area contributed by atoms with E-state index in [4.69, 9.17) is 33.7 Å². The van der Waals surface area contributed by atoms with Crippen molar-refractivity contribution in [1.29, 1.82) is 0 Å². The first-order valence-electron chi connectivity index (χ1n) is 6.74. The molecule has 21 heavy (non-hydrogen) atoms. The van der Waals surface area contributed by atoms with E-state index in [0.29, 0.717) is 47.6 Å². The van der Waals surface area contributed by atoms with Crippen LogP contribution in [0, 0.1) is 0 Å². The number of carbonyl (C=O) groups excluding carboxylic acids is 1. The van der Waals surface area contributed by atoms with Gasteiger partial charge in [0.25, 0.3) is 0 Å². The summed E-state index contributed by atoms with van der Waals surface area (Å²) in [6.45, 7) is 4.72. The number of amides is 1. The van der Waals surface area contributed by atoms with Crippen molar-refractivity contribution in [3.8, 4) is 0 Å². The number of likely N-dealkylation sites (N-methyl/N-ethyl adjacent to an activating group) is 1. The second-order valence-corrected chi connectivity index (χ2v) is 5.47. The summed E-state index contributed by atoms with van der Waals surface area (Å²) in [5.74, 6) is -0.146. The van der Waals surface area contributed by atoms with Crippen LogP contribution in [-0.4, -0.2) is 44.2 Å². The number of rotatable bonds is 8. The average Bonchev–Trinajstić information content (AvgIpc) is 2.41. The lowest BCUT2D eigenvalue weighted by molar-refractivity contribution is -0.116. The molecule has 0 atom stereocenters. The maximum absolute atomic E-state index is 11.9. The van der Waals surface area contributed by atoms with E-state index >= 15 is 0 Å². The number of anilines is 2. The van der Waals surface area contributed by atoms with E-state index < -0.39 is 0 Å². The first kappa shape index (κ1) is 18.0. The predicted octanol–water partition coefficient (Wildman–Crippen LogP) is 2.87. The Morgan fingerprint density at radius 2 is 1.95 bits per heavy atom. The first-order valence-corrected chi connectivity index (χ1v) is 7.50. The summed E-state index contributed by atoms with van der Waals surface area (Å²) in [4.78, 5) is 13.9. The lowest BCUT2D eigenvalue weighted by Crippen LogP contribution is -2.27. The molecular weight excluding hydrogens is 313 g/mol. The molecule has 0 saturated carbocycles. The molecule has 0 spiro atoms. The van der Waals surface area contributed by atoms with E-state index in [-0.39, 0.29) is 5.91 Å². The highest BCUT2D eigenvalue weighted by Crippen LogP contribution is 2.32. The quantitative estimate of drug-likeness (QED) is 0.567. The van der Waals surface area contributed by atoms with Gasteiger partial charge in [-0.05, 0) is 26.1 Å². The van der Waals surface area contributed by atoms with Crippen LogP contribution in [0.2, 0.25) is 10.0 Å². The summed E-state index contributed by atoms with van der Waals surface area (Å²) in [6.07, 6.45) is 0.347. The highest BCUT2D eigenvalue weighted by molar-refractivity contribution is 6.40. The van der Waals surface area contributed by atoms with E-state index in [9.17, 15) is 4.79 Å². The second kappa shape index (κ2) is 9.10. The van der Waals surface area contributed by atoms with E-state index in [1.165, 1.54) is 0 Å². The van der Waals surface area contributed by atoms with Crippen molar-refractivity contribution in [2.75, 3.05) is 44.4 Å². The number of benzene rings is 1. The molecule has 0 aliphatic carbocycles. The average molecular weight is 334 g/mol. The largest absolute Gasteiger partial charge is 0.399 e. The van der Waals surface area contributed by atoms with Crippen molar-refractivity contribution in [1.82, 2.24) is 4.90 Å². The number of nitrogen functional groups attached to an aromatic ring is 1. The fourth-order valence-electron chi connectivity index (χ4n) is 1.68. The van der Waals surface area contributed by atoms with Gasteiger partial charge in [0, 0.05) is 31.8 Å². The zero-order valence-corrected chi connectivity index (χ0v) is 13.8. The molecule has 0 heterocycles. The Morgan fingerprint density at radius 1 is 1.33 bits per heavy atom. The molecule has 5 nitrogen and oxygen atoms in total. The summed E-state index contributed by atoms with van der Waals surface area (Å²) >= 11 is 12.0. The first-order chi connectivity index (χ1) is 9.93. The number of nitrogens with zero attached hydrogens (tertiary/aromatic N) is 1. The van der Waals surface area contributed by atoms with Crippen LogP contribution in [0.15, 0.2) is 12.1 Å². The molecular formula is C14H21Cl2N3O2. The van der Waals surface area contributed by atoms with Gasteiger partial charge in [-0.25, -0.2) is 0 Å². The number of ether oxygens (including phenoxy) is 1. The molecule has 1 rings (SSSR count). The number of halogens is 2. The number of hydrogen-bond donors (Lipinski definition) is 2. The molecule has 0 aliphatic heterocycles. The van der Waals surface area contributed by atoms with Crippen LogP contribution < -0.4 is 11.1 Å². The normalized spacial score (nSPS) is 10.9. The van der Waals surface area contributed by atoms with Gasteiger partial charge in [0.2, 0.25) is 5.91 Å². The fraction of sp³-hybridized carbons (Fsp3) is 0.500. The minimum atomic E-state index is -0.146. The molecule has 0 aliphatic rings. The monoisotopic (exact) mass is 333 g/mol. The van der Waals surface area contributed by atoms with Gasteiger partial charge < -0.3 is 20.7 Å². The third-order valence-electron chi connectivity index (χ3n) is 2.87. The van der Waals surface area contributed by atoms with Crippen molar-refractivity contribution in [3.05, 3.63) is 22.2 Å². The smallest absolute Gasteiger partial charge is 0.225 e. The van der Waals surface area contributed by atoms with Crippen LogP contribution in [0.4, 0.5) is 11.4 Å². The van der Waals surface area contributed by atoms with Gasteiger partial charge in [0.05, 0.1) is 22.3 Å². The fourth-order valence-corrected chi connectivity index (χ4v) is 2.28. The van der Waals surface area contributed by atoms with Crippen LogP contribution >= 0.6 is 23.2 Å². The van der Waals surface area contributed by atoms with Crippen molar-refractivity contribution >= 4 is 40.5 Å². The second-order valence-electron chi connectivity index (χ2n) is 4.66. The third-order valence-corrected chi connectivity index (χ3v) is 3.47. The van der Waals surface area contributed by atoms with Gasteiger partial charge in [-0.3, -0.25) is 4.79 Å². The number of nitrogens with two attached hydrogens (primary N) is 1. The number of hydrogen-bond acceptors (Lipinski definition) is 4. The van der Waals surface area contributed by atoms with Crippen LogP contribution in [0.1, 0.15) is 13.3 Å². The summed E-state index contributed by atoms with van der Waals surface area (Å²) in [5.41, 5.74) is 6.47. The maximum atomic E-state index is 11.9. The van der Waals surface area contributed by atoms with Crippen molar-refractivity contribution < 1.29 is 9.53 Å². The Bertz CT molecular complexity index is 460. The molecule has 7 heteroatoms. The molecule has 0 saturated heterocycles. The van der Waals surface area contributed by atoms with Gasteiger partial charge >= 0.3 is 0 Å². The minimum Gasteiger partial charge on any atom is -0.399 e. The molecule has 0 bridgehead atoms. The van der Waals surface area contributed by atoms with E-state index in [0.717, 1.165) is 6.54 Å². The summed E-state index contributed by atoms with van der Waals surface area (Å²) < 4.78 is 5.26. The Morgan fingerprint density at radius 3 is 2.52 bits per heavy atom. The lowest BCUT2D eigenvalue weighted by Gasteiger charge is -2.16. The highest BCUT2D eigenvalue weighted by Gasteiger charge is 2.11. The van der Waals surface area contributed by atoms with Gasteiger partial charge in [0.15, 0.2) is 0 Å². The molecule has 3 N–H and O–H groups in total. The van der Waals surface area contributed by atoms with Crippen molar-refractivity contribution in [2.24, 2.45) is 0 Å². The van der Waals surface area contributed by atoms with Gasteiger partial charge in [-0.2, -0.15) is 0 Å². The van der Waals surface area contributed by atoms with Crippen molar-refractivity contribution in [2.45, 2.75) is 13.3 Å². The minimum absolute atomic E-state index is 0.146. The lowest BCUT2D eigenvalue weighted by atomic mass is 10.2. The SMILES string of the molecule is CCOCCN(C)CCC(=O)Nc1c(Cl)cc(N)cc1Cl. The third kappa shape index (κ3) is 6.52. The topological polar surface area (TPSA) is 67.6 Å². The standard InChI is InChI=1S/C14H21Cl2N3O2/c1-3-21-7-6-19(2)5-4-13(20)18-14-11(15)8-10(17)9-12(14)16/h8-9H,3-7,17H2,1-2H3,(H,18,20). The molecule has 0 unspecified atom stereocenters. The summed E-state index contributed by atoms with van der Waals surface area (Å²) in [7, 11) is 1.94. The Hall–Kier alpha value is -1.01. The Kier molecular flexibility index (Phi) is 7.82. The van der Waals surface area contributed by atoms with Crippen LogP contribution in [0.25, 0.3) is 0 Å². The Labute approximate surface area is 135 Å². The Balaban J connectivity index is 2.44. The molecule has 1 aromatic rings. The highest BCUT2D eigenvalue weighted by atomic mass is 35.5. The maximum Gasteiger partial charge on any atom is 0.225 e. The number of carbonyl (C=O) groups is 1. The summed E-state index contributed by atoms with van der Waals surface area (Å²) in [5, 5.41) is 3.38. The number of nitrogens with one attached hydrogen (secondary N) is 1. The zero-order chi connectivity index (χ0) is 15.8. The van der Waals surface area contributed by atoms with Gasteiger partial charge in [-0.15, -0.1) is 0 Å². The zero-order valence-electron chi connectivity index (χ0n) is 12.3. The predicted molar refractivity (Wildman–Crippen MR) is 88.1 cm³/mol. The molecule has 0 aromatic heterocycles. The van der Waals surface area contributed by atoms with Crippen LogP contribution in [0.5, 0.6) is 0 Å². The molecule has 0 fully saturated rings. The molecule has 118 valence electrons. The van der Waals surface area contributed by atoms with Crippen LogP contribution in [-0.2, 0) is 9.53 Å². The summed E-state index contributed by atoms with van der Waals surface area (Å²) in [6, 6.07) is 3.11. The van der Waals surface area contributed by atoms with Crippen LogP contribution in [0.3, 0.4) is 0 Å². The molecule has 0 radical (unpaired) electrons. The van der Waals surface area contributed by atoms with Gasteiger partial charge in [-0.1, -0.05) is 23.2 Å². The molecule has 1 amide bonds. The molecule has 1 aromatic carbocycles. The van der Waals surface area contributed by atoms with E-state index in [2.05, 4.69) is 5.32 Å². The van der Waals surface area contributed by atoms with Crippen molar-refractivity contribution in [3.63, 3.8) is 0 Å². The van der Waals surface area contributed by atoms with E-state index in [1.807, 2.05) is 18.9 Å². The van der Waals surface area contributed by atoms with E-state index in [1.54, 1.807) is 12.1 Å². The van der Waals surface area contributed by atoms with Gasteiger partial charge in [0.1, 0.15) is 0 Å².